The standard InChI is InChI=1S/C17H25N3/c1-4-6-14-7-9-15(10-8-14)17(18-12-5-2)16-11-13-19-20(16)3/h7-11,13,17-18H,4-6,12H2,1-3H3. The molecule has 0 saturated carbocycles. The van der Waals surface area contributed by atoms with Crippen molar-refractivity contribution in [2.24, 2.45) is 7.05 Å². The molecule has 1 aromatic carbocycles. The molecule has 0 bridgehead atoms. The van der Waals surface area contributed by atoms with E-state index in [4.69, 9.17) is 0 Å². The number of benzene rings is 1. The summed E-state index contributed by atoms with van der Waals surface area (Å²) in [6, 6.07) is 11.3. The van der Waals surface area contributed by atoms with Gasteiger partial charge >= 0.3 is 0 Å². The lowest BCUT2D eigenvalue weighted by Crippen LogP contribution is -2.25. The lowest BCUT2D eigenvalue weighted by molar-refractivity contribution is 0.553. The summed E-state index contributed by atoms with van der Waals surface area (Å²) in [7, 11) is 2.00. The minimum atomic E-state index is 0.220. The van der Waals surface area contributed by atoms with Crippen LogP contribution in [0.1, 0.15) is 49.6 Å². The topological polar surface area (TPSA) is 29.9 Å². The van der Waals surface area contributed by atoms with Crippen LogP contribution in [0.25, 0.3) is 0 Å². The Morgan fingerprint density at radius 1 is 1.10 bits per heavy atom. The molecule has 0 aliphatic carbocycles. The highest BCUT2D eigenvalue weighted by atomic mass is 15.3. The second kappa shape index (κ2) is 7.25. The third kappa shape index (κ3) is 3.48. The van der Waals surface area contributed by atoms with E-state index < -0.39 is 0 Å². The fraction of sp³-hybridized carbons (Fsp3) is 0.471. The summed E-state index contributed by atoms with van der Waals surface area (Å²) in [6.07, 6.45) is 5.33. The van der Waals surface area contributed by atoms with Gasteiger partial charge in [-0.05, 0) is 36.6 Å². The number of hydrogen-bond acceptors (Lipinski definition) is 2. The van der Waals surface area contributed by atoms with Gasteiger partial charge in [0, 0.05) is 13.2 Å². The van der Waals surface area contributed by atoms with E-state index >= 15 is 0 Å². The first-order valence-corrected chi connectivity index (χ1v) is 7.56. The van der Waals surface area contributed by atoms with Crippen LogP contribution < -0.4 is 5.32 Å². The summed E-state index contributed by atoms with van der Waals surface area (Å²) in [6.45, 7) is 5.42. The van der Waals surface area contributed by atoms with Crippen molar-refractivity contribution < 1.29 is 0 Å². The van der Waals surface area contributed by atoms with Gasteiger partial charge in [-0.25, -0.2) is 0 Å². The highest BCUT2D eigenvalue weighted by Crippen LogP contribution is 2.22. The first kappa shape index (κ1) is 14.8. The Morgan fingerprint density at radius 2 is 1.85 bits per heavy atom. The van der Waals surface area contributed by atoms with Crippen molar-refractivity contribution in [1.82, 2.24) is 15.1 Å². The maximum Gasteiger partial charge on any atom is 0.0748 e. The molecule has 108 valence electrons. The van der Waals surface area contributed by atoms with Crippen LogP contribution in [0.15, 0.2) is 36.5 Å². The number of aryl methyl sites for hydroxylation is 2. The normalized spacial score (nSPS) is 12.6. The van der Waals surface area contributed by atoms with E-state index in [1.54, 1.807) is 0 Å². The smallest absolute Gasteiger partial charge is 0.0748 e. The van der Waals surface area contributed by atoms with Crippen molar-refractivity contribution in [3.63, 3.8) is 0 Å². The summed E-state index contributed by atoms with van der Waals surface area (Å²) >= 11 is 0. The van der Waals surface area contributed by atoms with Gasteiger partial charge in [0.2, 0.25) is 0 Å². The molecule has 2 aromatic rings. The molecular formula is C17H25N3. The number of nitrogens with one attached hydrogen (secondary N) is 1. The molecule has 1 atom stereocenters. The molecule has 0 aliphatic rings. The molecule has 1 heterocycles. The van der Waals surface area contributed by atoms with E-state index in [1.165, 1.54) is 23.2 Å². The van der Waals surface area contributed by atoms with Crippen LogP contribution in [0.4, 0.5) is 0 Å². The van der Waals surface area contributed by atoms with Crippen molar-refractivity contribution in [3.8, 4) is 0 Å². The summed E-state index contributed by atoms with van der Waals surface area (Å²) < 4.78 is 1.95. The van der Waals surface area contributed by atoms with E-state index in [-0.39, 0.29) is 6.04 Å². The Bertz CT molecular complexity index is 513. The maximum absolute atomic E-state index is 4.29. The van der Waals surface area contributed by atoms with Crippen LogP contribution in [-0.2, 0) is 13.5 Å². The van der Waals surface area contributed by atoms with Crippen LogP contribution in [0.3, 0.4) is 0 Å². The summed E-state index contributed by atoms with van der Waals surface area (Å²) in [5.74, 6) is 0. The van der Waals surface area contributed by atoms with Crippen LogP contribution >= 0.6 is 0 Å². The zero-order valence-corrected chi connectivity index (χ0v) is 12.8. The quantitative estimate of drug-likeness (QED) is 0.835. The van der Waals surface area contributed by atoms with Gasteiger partial charge in [0.05, 0.1) is 11.7 Å². The minimum Gasteiger partial charge on any atom is -0.305 e. The Kier molecular flexibility index (Phi) is 5.36. The highest BCUT2D eigenvalue weighted by molar-refractivity contribution is 5.30. The molecule has 0 amide bonds. The van der Waals surface area contributed by atoms with Gasteiger partial charge < -0.3 is 5.32 Å². The van der Waals surface area contributed by atoms with E-state index in [0.29, 0.717) is 0 Å². The van der Waals surface area contributed by atoms with Gasteiger partial charge in [0.25, 0.3) is 0 Å². The molecule has 0 radical (unpaired) electrons. The van der Waals surface area contributed by atoms with E-state index in [1.807, 2.05) is 17.9 Å². The lowest BCUT2D eigenvalue weighted by Gasteiger charge is -2.19. The van der Waals surface area contributed by atoms with Crippen molar-refractivity contribution in [1.29, 1.82) is 0 Å². The number of rotatable bonds is 7. The molecule has 0 saturated heterocycles. The van der Waals surface area contributed by atoms with E-state index in [9.17, 15) is 0 Å². The summed E-state index contributed by atoms with van der Waals surface area (Å²) in [4.78, 5) is 0. The molecule has 1 unspecified atom stereocenters. The molecule has 1 N–H and O–H groups in total. The van der Waals surface area contributed by atoms with Crippen molar-refractivity contribution in [2.75, 3.05) is 6.54 Å². The van der Waals surface area contributed by atoms with Gasteiger partial charge in [-0.3, -0.25) is 4.68 Å². The summed E-state index contributed by atoms with van der Waals surface area (Å²) in [5.41, 5.74) is 3.93. The van der Waals surface area contributed by atoms with Crippen molar-refractivity contribution in [3.05, 3.63) is 53.3 Å². The average Bonchev–Trinajstić information content (AvgIpc) is 2.88. The molecule has 20 heavy (non-hydrogen) atoms. The number of aromatic nitrogens is 2. The van der Waals surface area contributed by atoms with Gasteiger partial charge in [-0.1, -0.05) is 44.5 Å². The Balaban J connectivity index is 2.24. The van der Waals surface area contributed by atoms with E-state index in [2.05, 4.69) is 54.6 Å². The molecule has 0 spiro atoms. The van der Waals surface area contributed by atoms with Gasteiger partial charge in [-0.2, -0.15) is 5.10 Å². The third-order valence-corrected chi connectivity index (χ3v) is 3.60. The Labute approximate surface area is 122 Å². The monoisotopic (exact) mass is 271 g/mol. The average molecular weight is 271 g/mol. The molecule has 2 rings (SSSR count). The van der Waals surface area contributed by atoms with Crippen LogP contribution in [-0.4, -0.2) is 16.3 Å². The summed E-state index contributed by atoms with van der Waals surface area (Å²) in [5, 5.41) is 7.91. The number of hydrogen-bond donors (Lipinski definition) is 1. The largest absolute Gasteiger partial charge is 0.305 e. The number of nitrogens with zero attached hydrogens (tertiary/aromatic N) is 2. The van der Waals surface area contributed by atoms with Crippen molar-refractivity contribution >= 4 is 0 Å². The Morgan fingerprint density at radius 3 is 2.40 bits per heavy atom. The first-order chi connectivity index (χ1) is 9.76. The highest BCUT2D eigenvalue weighted by Gasteiger charge is 2.16. The SMILES string of the molecule is CCCNC(c1ccc(CCC)cc1)c1ccnn1C. The predicted molar refractivity (Wildman–Crippen MR) is 83.8 cm³/mol. The molecule has 1 aromatic heterocycles. The van der Waals surface area contributed by atoms with Crippen LogP contribution in [0.5, 0.6) is 0 Å². The second-order valence-electron chi connectivity index (χ2n) is 5.26. The van der Waals surface area contributed by atoms with Gasteiger partial charge in [0.1, 0.15) is 0 Å². The lowest BCUT2D eigenvalue weighted by atomic mass is 10.0. The fourth-order valence-corrected chi connectivity index (χ4v) is 2.51. The predicted octanol–water partition coefficient (Wildman–Crippen LogP) is 3.46. The van der Waals surface area contributed by atoms with Gasteiger partial charge in [0.15, 0.2) is 0 Å². The molecule has 0 fully saturated rings. The zero-order valence-electron chi connectivity index (χ0n) is 12.8. The molecular weight excluding hydrogens is 246 g/mol. The minimum absolute atomic E-state index is 0.220. The fourth-order valence-electron chi connectivity index (χ4n) is 2.51. The van der Waals surface area contributed by atoms with Gasteiger partial charge in [-0.15, -0.1) is 0 Å². The molecule has 0 aliphatic heterocycles. The molecule has 3 nitrogen and oxygen atoms in total. The zero-order chi connectivity index (χ0) is 14.4. The second-order valence-corrected chi connectivity index (χ2v) is 5.26. The third-order valence-electron chi connectivity index (χ3n) is 3.60. The Hall–Kier alpha value is -1.61. The molecule has 3 heteroatoms. The maximum atomic E-state index is 4.29. The van der Waals surface area contributed by atoms with Crippen LogP contribution in [0, 0.1) is 0 Å². The van der Waals surface area contributed by atoms with Crippen LogP contribution in [0.2, 0.25) is 0 Å². The first-order valence-electron chi connectivity index (χ1n) is 7.56. The van der Waals surface area contributed by atoms with E-state index in [0.717, 1.165) is 19.4 Å². The van der Waals surface area contributed by atoms with Crippen molar-refractivity contribution in [2.45, 2.75) is 39.2 Å².